The molecule has 2 N–H and O–H groups in total. The van der Waals surface area contributed by atoms with Crippen LogP contribution in [0.4, 0.5) is 0 Å². The molecule has 7 heteroatoms. The SMILES string of the molecule is Cc1ccccc1-c1noc(Cn2cc(CN)nn2)n1. The molecule has 0 saturated heterocycles. The Labute approximate surface area is 115 Å². The summed E-state index contributed by atoms with van der Waals surface area (Å²) in [5, 5.41) is 11.8. The normalized spacial score (nSPS) is 10.9. The van der Waals surface area contributed by atoms with E-state index in [4.69, 9.17) is 10.3 Å². The van der Waals surface area contributed by atoms with E-state index in [-0.39, 0.29) is 0 Å². The first kappa shape index (κ1) is 12.5. The molecular weight excluding hydrogens is 256 g/mol. The lowest BCUT2D eigenvalue weighted by Gasteiger charge is -1.98. The van der Waals surface area contributed by atoms with Crippen molar-refractivity contribution in [2.24, 2.45) is 5.73 Å². The van der Waals surface area contributed by atoms with E-state index in [9.17, 15) is 0 Å². The lowest BCUT2D eigenvalue weighted by Crippen LogP contribution is -2.01. The van der Waals surface area contributed by atoms with Crippen molar-refractivity contribution in [1.29, 1.82) is 0 Å². The minimum absolute atomic E-state index is 0.359. The van der Waals surface area contributed by atoms with Crippen LogP contribution in [-0.2, 0) is 13.1 Å². The number of rotatable bonds is 4. The third kappa shape index (κ3) is 2.43. The molecule has 0 unspecified atom stereocenters. The number of benzene rings is 1. The topological polar surface area (TPSA) is 95.7 Å². The molecule has 0 aliphatic carbocycles. The summed E-state index contributed by atoms with van der Waals surface area (Å²) in [4.78, 5) is 4.37. The molecule has 1 aromatic carbocycles. The second-order valence-electron chi connectivity index (χ2n) is 4.44. The van der Waals surface area contributed by atoms with Gasteiger partial charge in [0.25, 0.3) is 0 Å². The molecule has 0 aliphatic heterocycles. The molecule has 20 heavy (non-hydrogen) atoms. The number of nitrogens with two attached hydrogens (primary N) is 1. The van der Waals surface area contributed by atoms with Crippen molar-refractivity contribution in [3.8, 4) is 11.4 Å². The minimum Gasteiger partial charge on any atom is -0.337 e. The molecule has 0 amide bonds. The third-order valence-corrected chi connectivity index (χ3v) is 2.95. The minimum atomic E-state index is 0.359. The molecule has 0 fully saturated rings. The van der Waals surface area contributed by atoms with E-state index in [1.165, 1.54) is 0 Å². The average Bonchev–Trinajstić information content (AvgIpc) is 3.09. The quantitative estimate of drug-likeness (QED) is 0.763. The fourth-order valence-corrected chi connectivity index (χ4v) is 1.90. The molecule has 0 aliphatic rings. The van der Waals surface area contributed by atoms with E-state index in [1.807, 2.05) is 31.2 Å². The Bertz CT molecular complexity index is 717. The van der Waals surface area contributed by atoms with Gasteiger partial charge in [-0.25, -0.2) is 4.68 Å². The molecule has 3 aromatic rings. The monoisotopic (exact) mass is 270 g/mol. The van der Waals surface area contributed by atoms with Crippen molar-refractivity contribution >= 4 is 0 Å². The second kappa shape index (κ2) is 5.22. The Hall–Kier alpha value is -2.54. The Morgan fingerprint density at radius 3 is 2.90 bits per heavy atom. The van der Waals surface area contributed by atoms with E-state index in [0.29, 0.717) is 24.8 Å². The summed E-state index contributed by atoms with van der Waals surface area (Å²) in [6.45, 7) is 2.75. The Morgan fingerprint density at radius 2 is 2.15 bits per heavy atom. The molecule has 0 radical (unpaired) electrons. The summed E-state index contributed by atoms with van der Waals surface area (Å²) in [5.74, 6) is 1.06. The summed E-state index contributed by atoms with van der Waals surface area (Å²) < 4.78 is 6.86. The van der Waals surface area contributed by atoms with Crippen LogP contribution in [0.2, 0.25) is 0 Å². The van der Waals surface area contributed by atoms with Crippen LogP contribution in [0.3, 0.4) is 0 Å². The zero-order chi connectivity index (χ0) is 13.9. The van der Waals surface area contributed by atoms with Gasteiger partial charge in [-0.05, 0) is 12.5 Å². The zero-order valence-electron chi connectivity index (χ0n) is 11.0. The molecular formula is C13H14N6O. The first-order valence-corrected chi connectivity index (χ1v) is 6.24. The Balaban J connectivity index is 1.82. The molecule has 0 bridgehead atoms. The number of hydrogen-bond donors (Lipinski definition) is 1. The molecule has 0 spiro atoms. The van der Waals surface area contributed by atoms with Crippen LogP contribution in [0.5, 0.6) is 0 Å². The summed E-state index contributed by atoms with van der Waals surface area (Å²) in [7, 11) is 0. The van der Waals surface area contributed by atoms with Crippen LogP contribution in [0.25, 0.3) is 11.4 Å². The Kier molecular flexibility index (Phi) is 3.26. The van der Waals surface area contributed by atoms with Gasteiger partial charge in [-0.15, -0.1) is 5.10 Å². The summed E-state index contributed by atoms with van der Waals surface area (Å²) in [6, 6.07) is 7.90. The average molecular weight is 270 g/mol. The van der Waals surface area contributed by atoms with Gasteiger partial charge in [-0.1, -0.05) is 34.6 Å². The summed E-state index contributed by atoms with van der Waals surface area (Å²) >= 11 is 0. The van der Waals surface area contributed by atoms with Crippen LogP contribution >= 0.6 is 0 Å². The maximum atomic E-state index is 5.49. The molecule has 102 valence electrons. The van der Waals surface area contributed by atoms with E-state index >= 15 is 0 Å². The highest BCUT2D eigenvalue weighted by atomic mass is 16.5. The number of aromatic nitrogens is 5. The molecule has 7 nitrogen and oxygen atoms in total. The number of hydrogen-bond acceptors (Lipinski definition) is 6. The van der Waals surface area contributed by atoms with E-state index in [2.05, 4.69) is 20.5 Å². The van der Waals surface area contributed by atoms with Crippen LogP contribution < -0.4 is 5.73 Å². The largest absolute Gasteiger partial charge is 0.337 e. The highest BCUT2D eigenvalue weighted by Gasteiger charge is 2.11. The fourth-order valence-electron chi connectivity index (χ4n) is 1.90. The van der Waals surface area contributed by atoms with Gasteiger partial charge >= 0.3 is 0 Å². The van der Waals surface area contributed by atoms with E-state index < -0.39 is 0 Å². The fraction of sp³-hybridized carbons (Fsp3) is 0.231. The zero-order valence-corrected chi connectivity index (χ0v) is 11.0. The van der Waals surface area contributed by atoms with Crippen molar-refractivity contribution in [3.63, 3.8) is 0 Å². The van der Waals surface area contributed by atoms with Gasteiger partial charge in [0.1, 0.15) is 6.54 Å². The molecule has 0 saturated carbocycles. The lowest BCUT2D eigenvalue weighted by molar-refractivity contribution is 0.364. The standard InChI is InChI=1S/C13H14N6O/c1-9-4-2-3-5-11(9)13-15-12(20-17-13)8-19-7-10(6-14)16-18-19/h2-5,7H,6,8,14H2,1H3. The van der Waals surface area contributed by atoms with Crippen LogP contribution in [-0.4, -0.2) is 25.1 Å². The van der Waals surface area contributed by atoms with Gasteiger partial charge < -0.3 is 10.3 Å². The van der Waals surface area contributed by atoms with Gasteiger partial charge in [0.15, 0.2) is 0 Å². The Morgan fingerprint density at radius 1 is 1.30 bits per heavy atom. The number of aryl methyl sites for hydroxylation is 1. The predicted octanol–water partition coefficient (Wildman–Crippen LogP) is 1.14. The van der Waals surface area contributed by atoms with Crippen molar-refractivity contribution in [2.45, 2.75) is 20.0 Å². The van der Waals surface area contributed by atoms with Gasteiger partial charge in [0.05, 0.1) is 11.9 Å². The van der Waals surface area contributed by atoms with Gasteiger partial charge in [0.2, 0.25) is 11.7 Å². The maximum Gasteiger partial charge on any atom is 0.248 e. The second-order valence-corrected chi connectivity index (χ2v) is 4.44. The van der Waals surface area contributed by atoms with E-state index in [1.54, 1.807) is 10.9 Å². The first-order valence-electron chi connectivity index (χ1n) is 6.24. The smallest absolute Gasteiger partial charge is 0.248 e. The lowest BCUT2D eigenvalue weighted by atomic mass is 10.1. The van der Waals surface area contributed by atoms with Gasteiger partial charge in [0, 0.05) is 12.1 Å². The van der Waals surface area contributed by atoms with Crippen molar-refractivity contribution in [3.05, 3.63) is 47.6 Å². The predicted molar refractivity (Wildman–Crippen MR) is 71.5 cm³/mol. The molecule has 2 aromatic heterocycles. The molecule has 3 rings (SSSR count). The summed E-state index contributed by atoms with van der Waals surface area (Å²) in [5.41, 5.74) is 8.28. The highest BCUT2D eigenvalue weighted by molar-refractivity contribution is 5.58. The van der Waals surface area contributed by atoms with Crippen molar-refractivity contribution in [2.75, 3.05) is 0 Å². The highest BCUT2D eigenvalue weighted by Crippen LogP contribution is 2.19. The van der Waals surface area contributed by atoms with Crippen LogP contribution in [0.1, 0.15) is 17.1 Å². The van der Waals surface area contributed by atoms with Crippen molar-refractivity contribution in [1.82, 2.24) is 25.1 Å². The third-order valence-electron chi connectivity index (χ3n) is 2.95. The van der Waals surface area contributed by atoms with Gasteiger partial charge in [-0.3, -0.25) is 0 Å². The van der Waals surface area contributed by atoms with E-state index in [0.717, 1.165) is 16.8 Å². The van der Waals surface area contributed by atoms with Gasteiger partial charge in [-0.2, -0.15) is 4.98 Å². The molecule has 0 atom stereocenters. The molecule has 2 heterocycles. The number of nitrogens with zero attached hydrogens (tertiary/aromatic N) is 5. The first-order chi connectivity index (χ1) is 9.76. The van der Waals surface area contributed by atoms with Crippen LogP contribution in [0, 0.1) is 6.92 Å². The van der Waals surface area contributed by atoms with Crippen molar-refractivity contribution < 1.29 is 4.52 Å². The summed E-state index contributed by atoms with van der Waals surface area (Å²) in [6.07, 6.45) is 1.76. The maximum absolute atomic E-state index is 5.49. The van der Waals surface area contributed by atoms with Crippen LogP contribution in [0.15, 0.2) is 35.0 Å².